The van der Waals surface area contributed by atoms with Crippen LogP contribution in [0.25, 0.3) is 0 Å². The van der Waals surface area contributed by atoms with Crippen molar-refractivity contribution in [2.75, 3.05) is 0 Å². The van der Waals surface area contributed by atoms with Gasteiger partial charge < -0.3 is 4.74 Å². The number of nitrogens with zero attached hydrogens (tertiary/aromatic N) is 1. The van der Waals surface area contributed by atoms with E-state index in [0.29, 0.717) is 5.03 Å². The number of halogens is 1. The first-order valence-corrected chi connectivity index (χ1v) is 3.95. The highest BCUT2D eigenvalue weighted by Gasteiger charge is 2.33. The third-order valence-corrected chi connectivity index (χ3v) is 2.06. The van der Waals surface area contributed by atoms with E-state index < -0.39 is 18.0 Å². The molecule has 5 heteroatoms. The average molecular weight is 198 g/mol. The summed E-state index contributed by atoms with van der Waals surface area (Å²) >= 11 is 5.74. The Morgan fingerprint density at radius 3 is 3.00 bits per heavy atom. The zero-order valence-electron chi connectivity index (χ0n) is 6.36. The smallest absolute Gasteiger partial charge is 0.374 e. The molecule has 2 aliphatic rings. The maximum atomic E-state index is 11.1. The molecule has 2 rings (SSSR count). The minimum Gasteiger partial charge on any atom is -0.374 e. The highest BCUT2D eigenvalue weighted by Crippen LogP contribution is 2.23. The Hall–Kier alpha value is -1.42. The van der Waals surface area contributed by atoms with Gasteiger partial charge in [-0.1, -0.05) is 23.8 Å². The maximum absolute atomic E-state index is 11.1. The van der Waals surface area contributed by atoms with Crippen LogP contribution >= 0.6 is 11.6 Å². The Morgan fingerprint density at radius 1 is 1.46 bits per heavy atom. The quantitative estimate of drug-likeness (QED) is 0.436. The van der Waals surface area contributed by atoms with Gasteiger partial charge in [0.1, 0.15) is 5.92 Å². The van der Waals surface area contributed by atoms with E-state index in [4.69, 9.17) is 11.6 Å². The van der Waals surface area contributed by atoms with E-state index in [9.17, 15) is 9.59 Å². The zero-order valence-corrected chi connectivity index (χ0v) is 7.12. The summed E-state index contributed by atoms with van der Waals surface area (Å²) in [7, 11) is 0. The Morgan fingerprint density at radius 2 is 2.23 bits per heavy atom. The molecule has 1 aliphatic carbocycles. The summed E-state index contributed by atoms with van der Waals surface area (Å²) in [5.74, 6) is -1.26. The molecule has 4 nitrogen and oxygen atoms in total. The molecule has 13 heavy (non-hydrogen) atoms. The molecule has 1 atom stereocenters. The van der Waals surface area contributed by atoms with E-state index in [1.54, 1.807) is 18.2 Å². The third kappa shape index (κ3) is 1.29. The maximum Gasteiger partial charge on any atom is 0.441 e. The van der Waals surface area contributed by atoms with Crippen LogP contribution in [0.15, 0.2) is 28.3 Å². The normalized spacial score (nSPS) is 26.1. The molecule has 0 fully saturated rings. The average Bonchev–Trinajstić information content (AvgIpc) is 2.07. The lowest BCUT2D eigenvalue weighted by Gasteiger charge is -2.19. The molecule has 0 bridgehead atoms. The number of carbonyl (C=O) groups is 2. The van der Waals surface area contributed by atoms with Gasteiger partial charge in [-0.25, -0.2) is 4.79 Å². The van der Waals surface area contributed by atoms with Crippen LogP contribution in [0.2, 0.25) is 0 Å². The number of allylic oxidation sites excluding steroid dienone is 3. The second-order valence-electron chi connectivity index (χ2n) is 2.56. The summed E-state index contributed by atoms with van der Waals surface area (Å²) in [6.07, 6.45) is 3.88. The molecule has 0 spiro atoms. The molecule has 0 saturated carbocycles. The van der Waals surface area contributed by atoms with Crippen LogP contribution in [0.3, 0.4) is 0 Å². The molecular weight excluding hydrogens is 194 g/mol. The topological polar surface area (TPSA) is 55.7 Å². The van der Waals surface area contributed by atoms with Crippen molar-refractivity contribution < 1.29 is 14.3 Å². The SMILES string of the molecule is O=C1N=C2C(Cl)=CC=CC2C(=O)O1. The van der Waals surface area contributed by atoms with E-state index in [1.807, 2.05) is 0 Å². The van der Waals surface area contributed by atoms with Gasteiger partial charge in [0.2, 0.25) is 0 Å². The van der Waals surface area contributed by atoms with Gasteiger partial charge in [0.25, 0.3) is 0 Å². The summed E-state index contributed by atoms with van der Waals surface area (Å²) in [4.78, 5) is 25.4. The van der Waals surface area contributed by atoms with Crippen LogP contribution in [-0.2, 0) is 9.53 Å². The highest BCUT2D eigenvalue weighted by molar-refractivity contribution is 6.46. The van der Waals surface area contributed by atoms with Gasteiger partial charge in [0.05, 0.1) is 10.7 Å². The lowest BCUT2D eigenvalue weighted by Crippen LogP contribution is -2.32. The van der Waals surface area contributed by atoms with Crippen molar-refractivity contribution in [2.24, 2.45) is 10.9 Å². The fourth-order valence-corrected chi connectivity index (χ4v) is 1.39. The molecule has 0 aromatic heterocycles. The van der Waals surface area contributed by atoms with Gasteiger partial charge in [-0.3, -0.25) is 4.79 Å². The van der Waals surface area contributed by atoms with Crippen LogP contribution in [-0.4, -0.2) is 17.8 Å². The van der Waals surface area contributed by atoms with Crippen molar-refractivity contribution in [2.45, 2.75) is 0 Å². The van der Waals surface area contributed by atoms with E-state index in [0.717, 1.165) is 0 Å². The molecule has 1 unspecified atom stereocenters. The van der Waals surface area contributed by atoms with Crippen LogP contribution < -0.4 is 0 Å². The molecule has 0 saturated heterocycles. The molecule has 1 aliphatic heterocycles. The fourth-order valence-electron chi connectivity index (χ4n) is 1.16. The van der Waals surface area contributed by atoms with Crippen molar-refractivity contribution in [3.63, 3.8) is 0 Å². The van der Waals surface area contributed by atoms with Gasteiger partial charge in [0, 0.05) is 0 Å². The van der Waals surface area contributed by atoms with Crippen molar-refractivity contribution in [1.29, 1.82) is 0 Å². The minimum absolute atomic E-state index is 0.269. The minimum atomic E-state index is -0.905. The first-order chi connectivity index (χ1) is 6.18. The van der Waals surface area contributed by atoms with Crippen LogP contribution in [0.5, 0.6) is 0 Å². The summed E-state index contributed by atoms with van der Waals surface area (Å²) in [6, 6.07) is 0. The number of fused-ring (bicyclic) bond motifs is 1. The van der Waals surface area contributed by atoms with E-state index in [2.05, 4.69) is 9.73 Å². The van der Waals surface area contributed by atoms with Gasteiger partial charge in [-0.15, -0.1) is 0 Å². The first-order valence-electron chi connectivity index (χ1n) is 3.57. The Bertz CT molecular complexity index is 381. The predicted octanol–water partition coefficient (Wildman–Crippen LogP) is 1.41. The number of hydrogen-bond acceptors (Lipinski definition) is 3. The molecule has 0 aromatic carbocycles. The Balaban J connectivity index is 2.49. The lowest BCUT2D eigenvalue weighted by atomic mass is 9.98. The molecule has 0 aromatic rings. The Labute approximate surface area is 78.5 Å². The molecule has 1 heterocycles. The fraction of sp³-hybridized carbons (Fsp3) is 0.125. The largest absolute Gasteiger partial charge is 0.441 e. The number of carbonyl (C=O) groups excluding carboxylic acids is 2. The number of esters is 1. The van der Waals surface area contributed by atoms with Gasteiger partial charge in [0.15, 0.2) is 0 Å². The van der Waals surface area contributed by atoms with Gasteiger partial charge in [-0.2, -0.15) is 4.99 Å². The van der Waals surface area contributed by atoms with E-state index >= 15 is 0 Å². The van der Waals surface area contributed by atoms with Crippen LogP contribution in [0, 0.1) is 5.92 Å². The molecule has 0 radical (unpaired) electrons. The predicted molar refractivity (Wildman–Crippen MR) is 45.5 cm³/mol. The second-order valence-corrected chi connectivity index (χ2v) is 2.97. The van der Waals surface area contributed by atoms with Crippen LogP contribution in [0.1, 0.15) is 0 Å². The standard InChI is InChI=1S/C8H4ClNO3/c9-5-3-1-2-4-6(5)10-8(12)13-7(4)11/h1-4H. The number of cyclic esters (lactones) is 2. The van der Waals surface area contributed by atoms with Gasteiger partial charge >= 0.3 is 12.1 Å². The van der Waals surface area contributed by atoms with Crippen molar-refractivity contribution in [1.82, 2.24) is 0 Å². The number of aliphatic imine (C=N–C) groups is 1. The zero-order chi connectivity index (χ0) is 9.42. The monoisotopic (exact) mass is 197 g/mol. The number of rotatable bonds is 0. The number of ether oxygens (including phenoxy) is 1. The molecule has 0 N–H and O–H groups in total. The lowest BCUT2D eigenvalue weighted by molar-refractivity contribution is -0.138. The molecule has 1 amide bonds. The summed E-state index contributed by atoms with van der Waals surface area (Å²) in [6.45, 7) is 0. The van der Waals surface area contributed by atoms with Gasteiger partial charge in [-0.05, 0) is 6.08 Å². The molecular formula is C8H4ClNO3. The summed E-state index contributed by atoms with van der Waals surface area (Å²) < 4.78 is 4.30. The van der Waals surface area contributed by atoms with Crippen LogP contribution in [0.4, 0.5) is 4.79 Å². The summed E-state index contributed by atoms with van der Waals surface area (Å²) in [5, 5.41) is 0.303. The first kappa shape index (κ1) is 8.19. The van der Waals surface area contributed by atoms with E-state index in [-0.39, 0.29) is 5.71 Å². The number of amides is 1. The summed E-state index contributed by atoms with van der Waals surface area (Å²) in [5.41, 5.74) is 0.269. The second kappa shape index (κ2) is 2.81. The van der Waals surface area contributed by atoms with Crippen molar-refractivity contribution in [3.8, 4) is 0 Å². The highest BCUT2D eigenvalue weighted by atomic mass is 35.5. The molecule has 66 valence electrons. The van der Waals surface area contributed by atoms with Crippen molar-refractivity contribution >= 4 is 29.4 Å². The third-order valence-electron chi connectivity index (χ3n) is 1.74. The number of hydrogen-bond donors (Lipinski definition) is 0. The Kier molecular flexibility index (Phi) is 1.77. The van der Waals surface area contributed by atoms with Crippen molar-refractivity contribution in [3.05, 3.63) is 23.3 Å². The van der Waals surface area contributed by atoms with E-state index in [1.165, 1.54) is 0 Å².